The molecule has 2 N–H and O–H groups in total. The summed E-state index contributed by atoms with van der Waals surface area (Å²) < 4.78 is 0. The molecule has 2 aliphatic rings. The fraction of sp³-hybridized carbons (Fsp3) is 0.471. The first-order valence-corrected chi connectivity index (χ1v) is 7.54. The molecule has 1 amide bonds. The van der Waals surface area contributed by atoms with Crippen molar-refractivity contribution in [2.45, 2.75) is 43.7 Å². The molecule has 20 heavy (non-hydrogen) atoms. The van der Waals surface area contributed by atoms with E-state index in [4.69, 9.17) is 0 Å². The Kier molecular flexibility index (Phi) is 3.88. The van der Waals surface area contributed by atoms with E-state index in [1.54, 1.807) is 6.08 Å². The Balaban J connectivity index is 1.52. The Bertz CT molecular complexity index is 491. The van der Waals surface area contributed by atoms with Gasteiger partial charge in [0.05, 0.1) is 0 Å². The van der Waals surface area contributed by atoms with Crippen LogP contribution < -0.4 is 10.6 Å². The smallest absolute Gasteiger partial charge is 0.244 e. The monoisotopic (exact) mass is 270 g/mol. The summed E-state index contributed by atoms with van der Waals surface area (Å²) in [6.45, 7) is 1.02. The summed E-state index contributed by atoms with van der Waals surface area (Å²) in [6.07, 6.45) is 9.48. The number of carbonyl (C=O) groups excluding carboxylic acids is 1. The SMILES string of the molecule is O=C(/C=C/c1ccccc1)NC1CCNC2(CCC2)C1. The van der Waals surface area contributed by atoms with E-state index in [0.717, 1.165) is 24.9 Å². The maximum atomic E-state index is 12.0. The highest BCUT2D eigenvalue weighted by molar-refractivity contribution is 5.91. The second-order valence-electron chi connectivity index (χ2n) is 6.00. The fourth-order valence-corrected chi connectivity index (χ4v) is 3.25. The number of hydrogen-bond donors (Lipinski definition) is 2. The number of carbonyl (C=O) groups is 1. The van der Waals surface area contributed by atoms with Crippen molar-refractivity contribution in [3.05, 3.63) is 42.0 Å². The van der Waals surface area contributed by atoms with Crippen LogP contribution in [0.25, 0.3) is 6.08 Å². The Morgan fingerprint density at radius 3 is 2.80 bits per heavy atom. The molecule has 106 valence electrons. The molecule has 2 fully saturated rings. The van der Waals surface area contributed by atoms with Gasteiger partial charge in [-0.2, -0.15) is 0 Å². The first-order chi connectivity index (χ1) is 9.76. The third-order valence-electron chi connectivity index (χ3n) is 4.51. The van der Waals surface area contributed by atoms with Gasteiger partial charge < -0.3 is 10.6 Å². The number of hydrogen-bond acceptors (Lipinski definition) is 2. The molecule has 1 unspecified atom stereocenters. The minimum Gasteiger partial charge on any atom is -0.350 e. The van der Waals surface area contributed by atoms with Gasteiger partial charge in [-0.05, 0) is 50.3 Å². The fourth-order valence-electron chi connectivity index (χ4n) is 3.25. The van der Waals surface area contributed by atoms with E-state index < -0.39 is 0 Å². The average molecular weight is 270 g/mol. The summed E-state index contributed by atoms with van der Waals surface area (Å²) in [6, 6.07) is 10.2. The Morgan fingerprint density at radius 1 is 1.30 bits per heavy atom. The molecule has 3 rings (SSSR count). The van der Waals surface area contributed by atoms with Gasteiger partial charge in [-0.15, -0.1) is 0 Å². The van der Waals surface area contributed by atoms with Crippen molar-refractivity contribution < 1.29 is 4.79 Å². The largest absolute Gasteiger partial charge is 0.350 e. The summed E-state index contributed by atoms with van der Waals surface area (Å²) in [7, 11) is 0. The molecular weight excluding hydrogens is 248 g/mol. The van der Waals surface area contributed by atoms with Crippen LogP contribution in [0.5, 0.6) is 0 Å². The number of rotatable bonds is 3. The minimum atomic E-state index is 0.0234. The van der Waals surface area contributed by atoms with Crippen LogP contribution in [0.15, 0.2) is 36.4 Å². The lowest BCUT2D eigenvalue weighted by atomic mass is 9.70. The van der Waals surface area contributed by atoms with Gasteiger partial charge in [0.15, 0.2) is 0 Å². The van der Waals surface area contributed by atoms with Gasteiger partial charge in [0, 0.05) is 17.7 Å². The molecular formula is C17H22N2O. The maximum Gasteiger partial charge on any atom is 0.244 e. The Labute approximate surface area is 120 Å². The summed E-state index contributed by atoms with van der Waals surface area (Å²) in [5.41, 5.74) is 1.39. The molecule has 0 bridgehead atoms. The molecule has 1 atom stereocenters. The summed E-state index contributed by atoms with van der Waals surface area (Å²) in [5, 5.41) is 6.77. The van der Waals surface area contributed by atoms with Crippen LogP contribution >= 0.6 is 0 Å². The highest BCUT2D eigenvalue weighted by Gasteiger charge is 2.40. The van der Waals surface area contributed by atoms with Gasteiger partial charge in [-0.1, -0.05) is 30.3 Å². The first-order valence-electron chi connectivity index (χ1n) is 7.54. The van der Waals surface area contributed by atoms with Gasteiger partial charge in [0.1, 0.15) is 0 Å². The number of benzene rings is 1. The number of piperidine rings is 1. The van der Waals surface area contributed by atoms with Crippen LogP contribution in [0.4, 0.5) is 0 Å². The Morgan fingerprint density at radius 2 is 2.10 bits per heavy atom. The lowest BCUT2D eigenvalue weighted by molar-refractivity contribution is -0.117. The van der Waals surface area contributed by atoms with Crippen molar-refractivity contribution in [2.75, 3.05) is 6.54 Å². The molecule has 0 aromatic heterocycles. The lowest BCUT2D eigenvalue weighted by Gasteiger charge is -2.48. The molecule has 1 saturated carbocycles. The summed E-state index contributed by atoms with van der Waals surface area (Å²) in [5.74, 6) is 0.0234. The average Bonchev–Trinajstić information content (AvgIpc) is 2.45. The zero-order valence-electron chi connectivity index (χ0n) is 11.8. The van der Waals surface area contributed by atoms with Crippen molar-refractivity contribution in [3.63, 3.8) is 0 Å². The van der Waals surface area contributed by atoms with Crippen LogP contribution in [0.3, 0.4) is 0 Å². The van der Waals surface area contributed by atoms with E-state index in [9.17, 15) is 4.79 Å². The van der Waals surface area contributed by atoms with E-state index in [1.165, 1.54) is 19.3 Å². The van der Waals surface area contributed by atoms with Gasteiger partial charge >= 0.3 is 0 Å². The van der Waals surface area contributed by atoms with Crippen molar-refractivity contribution >= 4 is 12.0 Å². The standard InChI is InChI=1S/C17H22N2O/c20-16(8-7-14-5-2-1-3-6-14)19-15-9-12-18-17(13-15)10-4-11-17/h1-3,5-8,15,18H,4,9-13H2,(H,19,20)/b8-7+. The predicted octanol–water partition coefficient (Wildman–Crippen LogP) is 2.49. The molecule has 3 nitrogen and oxygen atoms in total. The van der Waals surface area contributed by atoms with Crippen molar-refractivity contribution in [1.29, 1.82) is 0 Å². The van der Waals surface area contributed by atoms with Gasteiger partial charge in [-0.3, -0.25) is 4.79 Å². The van der Waals surface area contributed by atoms with Crippen molar-refractivity contribution in [1.82, 2.24) is 10.6 Å². The lowest BCUT2D eigenvalue weighted by Crippen LogP contribution is -2.59. The van der Waals surface area contributed by atoms with E-state index >= 15 is 0 Å². The molecule has 1 aromatic carbocycles. The van der Waals surface area contributed by atoms with Gasteiger partial charge in [0.25, 0.3) is 0 Å². The highest BCUT2D eigenvalue weighted by Crippen LogP contribution is 2.38. The topological polar surface area (TPSA) is 41.1 Å². The van der Waals surface area contributed by atoms with E-state index in [2.05, 4.69) is 10.6 Å². The van der Waals surface area contributed by atoms with Gasteiger partial charge in [0.2, 0.25) is 5.91 Å². The summed E-state index contributed by atoms with van der Waals surface area (Å²) in [4.78, 5) is 12.0. The minimum absolute atomic E-state index is 0.0234. The first kappa shape index (κ1) is 13.4. The molecule has 1 saturated heterocycles. The van der Waals surface area contributed by atoms with Crippen LogP contribution in [-0.4, -0.2) is 24.0 Å². The molecule has 1 spiro atoms. The maximum absolute atomic E-state index is 12.0. The zero-order chi connectivity index (χ0) is 13.8. The second kappa shape index (κ2) is 5.80. The number of nitrogens with one attached hydrogen (secondary N) is 2. The normalized spacial score (nSPS) is 24.5. The number of amides is 1. The third-order valence-corrected chi connectivity index (χ3v) is 4.51. The van der Waals surface area contributed by atoms with E-state index in [1.807, 2.05) is 36.4 Å². The summed E-state index contributed by atoms with van der Waals surface area (Å²) >= 11 is 0. The zero-order valence-corrected chi connectivity index (χ0v) is 11.8. The molecule has 1 aromatic rings. The van der Waals surface area contributed by atoms with Crippen LogP contribution in [-0.2, 0) is 4.79 Å². The van der Waals surface area contributed by atoms with E-state index in [0.29, 0.717) is 11.6 Å². The van der Waals surface area contributed by atoms with Crippen molar-refractivity contribution in [3.8, 4) is 0 Å². The molecule has 3 heteroatoms. The Hall–Kier alpha value is -1.61. The molecule has 1 heterocycles. The van der Waals surface area contributed by atoms with Crippen LogP contribution in [0, 0.1) is 0 Å². The van der Waals surface area contributed by atoms with Crippen molar-refractivity contribution in [2.24, 2.45) is 0 Å². The van der Waals surface area contributed by atoms with Crippen LogP contribution in [0.1, 0.15) is 37.7 Å². The molecule has 1 aliphatic carbocycles. The molecule has 0 radical (unpaired) electrons. The van der Waals surface area contributed by atoms with Crippen LogP contribution in [0.2, 0.25) is 0 Å². The molecule has 1 aliphatic heterocycles. The van der Waals surface area contributed by atoms with E-state index in [-0.39, 0.29) is 5.91 Å². The van der Waals surface area contributed by atoms with Gasteiger partial charge in [-0.25, -0.2) is 0 Å². The predicted molar refractivity (Wildman–Crippen MR) is 81.2 cm³/mol. The highest BCUT2D eigenvalue weighted by atomic mass is 16.1. The quantitative estimate of drug-likeness (QED) is 0.829. The second-order valence-corrected chi connectivity index (χ2v) is 6.00. The third kappa shape index (κ3) is 3.10.